The Labute approximate surface area is 94.9 Å². The molecule has 2 fully saturated rings. The first-order valence-corrected chi connectivity index (χ1v) is 7.10. The second kappa shape index (κ2) is 2.86. The predicted molar refractivity (Wildman–Crippen MR) is 63.2 cm³/mol. The van der Waals surface area contributed by atoms with Gasteiger partial charge in [0.2, 0.25) is 0 Å². The fraction of sp³-hybridized carbons (Fsp3) is 0.692. The van der Waals surface area contributed by atoms with Gasteiger partial charge in [0.25, 0.3) is 0 Å². The zero-order valence-electron chi connectivity index (χ0n) is 8.96. The summed E-state index contributed by atoms with van der Waals surface area (Å²) < 4.78 is 0. The van der Waals surface area contributed by atoms with Crippen molar-refractivity contribution in [2.24, 2.45) is 11.8 Å². The second-order valence-electron chi connectivity index (χ2n) is 5.40. The molecule has 2 aliphatic carbocycles. The van der Waals surface area contributed by atoms with Crippen LogP contribution in [0.4, 0.5) is 0 Å². The van der Waals surface area contributed by atoms with E-state index in [2.05, 4.69) is 16.8 Å². The van der Waals surface area contributed by atoms with Gasteiger partial charge in [0.1, 0.15) is 0 Å². The van der Waals surface area contributed by atoms with Gasteiger partial charge in [-0.15, -0.1) is 11.3 Å². The maximum atomic E-state index is 3.87. The molecule has 1 nitrogen and oxygen atoms in total. The normalized spacial score (nSPS) is 42.4. The van der Waals surface area contributed by atoms with E-state index in [1.54, 1.807) is 10.4 Å². The molecular formula is C13H17NS. The molecule has 2 saturated carbocycles. The lowest BCUT2D eigenvalue weighted by atomic mass is 9.74. The van der Waals surface area contributed by atoms with E-state index < -0.39 is 0 Å². The SMILES string of the molecule is c1cc2c(s1)CCNC21CCCC2CC21. The van der Waals surface area contributed by atoms with Crippen molar-refractivity contribution < 1.29 is 0 Å². The van der Waals surface area contributed by atoms with E-state index in [-0.39, 0.29) is 0 Å². The monoisotopic (exact) mass is 219 g/mol. The minimum Gasteiger partial charge on any atom is -0.307 e. The van der Waals surface area contributed by atoms with Crippen LogP contribution in [0.3, 0.4) is 0 Å². The van der Waals surface area contributed by atoms with Crippen molar-refractivity contribution in [1.29, 1.82) is 0 Å². The van der Waals surface area contributed by atoms with Gasteiger partial charge in [-0.1, -0.05) is 12.8 Å². The topological polar surface area (TPSA) is 12.0 Å². The highest BCUT2D eigenvalue weighted by Crippen LogP contribution is 2.60. The average Bonchev–Trinajstić information content (AvgIpc) is 2.89. The van der Waals surface area contributed by atoms with Crippen molar-refractivity contribution in [3.63, 3.8) is 0 Å². The van der Waals surface area contributed by atoms with E-state index in [1.807, 2.05) is 11.3 Å². The van der Waals surface area contributed by atoms with Crippen LogP contribution in [0, 0.1) is 11.8 Å². The van der Waals surface area contributed by atoms with Crippen molar-refractivity contribution in [1.82, 2.24) is 5.32 Å². The molecule has 1 aliphatic heterocycles. The molecule has 4 rings (SSSR count). The van der Waals surface area contributed by atoms with Gasteiger partial charge in [0.15, 0.2) is 0 Å². The third-order valence-electron chi connectivity index (χ3n) is 4.72. The number of nitrogens with one attached hydrogen (secondary N) is 1. The van der Waals surface area contributed by atoms with Crippen molar-refractivity contribution in [3.05, 3.63) is 21.9 Å². The van der Waals surface area contributed by atoms with Gasteiger partial charge in [-0.05, 0) is 48.1 Å². The average molecular weight is 219 g/mol. The van der Waals surface area contributed by atoms with E-state index in [0.717, 1.165) is 11.8 Å². The van der Waals surface area contributed by atoms with Crippen LogP contribution in [0.1, 0.15) is 36.1 Å². The first-order chi connectivity index (χ1) is 7.40. The highest BCUT2D eigenvalue weighted by Gasteiger charge is 2.56. The van der Waals surface area contributed by atoms with Crippen LogP contribution >= 0.6 is 11.3 Å². The molecule has 2 heteroatoms. The molecule has 0 radical (unpaired) electrons. The second-order valence-corrected chi connectivity index (χ2v) is 6.40. The molecule has 1 N–H and O–H groups in total. The van der Waals surface area contributed by atoms with Crippen LogP contribution < -0.4 is 5.32 Å². The van der Waals surface area contributed by atoms with Gasteiger partial charge in [-0.3, -0.25) is 0 Å². The largest absolute Gasteiger partial charge is 0.307 e. The summed E-state index contributed by atoms with van der Waals surface area (Å²) >= 11 is 1.97. The molecular weight excluding hydrogens is 202 g/mol. The lowest BCUT2D eigenvalue weighted by Gasteiger charge is -2.42. The van der Waals surface area contributed by atoms with Crippen LogP contribution in [0.25, 0.3) is 0 Å². The number of hydrogen-bond donors (Lipinski definition) is 1. The van der Waals surface area contributed by atoms with E-state index in [9.17, 15) is 0 Å². The van der Waals surface area contributed by atoms with Crippen LogP contribution in [0.2, 0.25) is 0 Å². The minimum absolute atomic E-state index is 0.413. The van der Waals surface area contributed by atoms with Crippen molar-refractivity contribution in [2.75, 3.05) is 6.54 Å². The molecule has 1 spiro atoms. The number of thiophene rings is 1. The standard InChI is InChI=1S/C13H17NS/c1-2-9-8-11(9)13(5-1)10-4-7-15-12(10)3-6-14-13/h4,7,9,11,14H,1-3,5-6,8H2. The molecule has 1 aromatic heterocycles. The van der Waals surface area contributed by atoms with Crippen molar-refractivity contribution >= 4 is 11.3 Å². The van der Waals surface area contributed by atoms with E-state index in [4.69, 9.17) is 0 Å². The summed E-state index contributed by atoms with van der Waals surface area (Å²) in [5.74, 6) is 2.02. The van der Waals surface area contributed by atoms with Gasteiger partial charge in [0, 0.05) is 17.0 Å². The summed E-state index contributed by atoms with van der Waals surface area (Å²) in [4.78, 5) is 1.67. The molecule has 0 bridgehead atoms. The molecule has 15 heavy (non-hydrogen) atoms. The lowest BCUT2D eigenvalue weighted by molar-refractivity contribution is 0.204. The maximum Gasteiger partial charge on any atom is 0.0477 e. The minimum atomic E-state index is 0.413. The Morgan fingerprint density at radius 3 is 3.47 bits per heavy atom. The Kier molecular flexibility index (Phi) is 1.67. The zero-order valence-corrected chi connectivity index (χ0v) is 9.78. The first kappa shape index (κ1) is 8.77. The Hall–Kier alpha value is -0.340. The van der Waals surface area contributed by atoms with Crippen molar-refractivity contribution in [2.45, 2.75) is 37.6 Å². The summed E-state index contributed by atoms with van der Waals surface area (Å²) in [6, 6.07) is 2.40. The van der Waals surface area contributed by atoms with Crippen LogP contribution in [0.5, 0.6) is 0 Å². The zero-order chi connectivity index (χ0) is 9.88. The smallest absolute Gasteiger partial charge is 0.0477 e. The molecule has 1 aromatic rings. The highest BCUT2D eigenvalue weighted by atomic mass is 32.1. The number of hydrogen-bond acceptors (Lipinski definition) is 2. The van der Waals surface area contributed by atoms with Gasteiger partial charge < -0.3 is 5.32 Å². The van der Waals surface area contributed by atoms with E-state index in [0.29, 0.717) is 5.54 Å². The Morgan fingerprint density at radius 2 is 2.47 bits per heavy atom. The van der Waals surface area contributed by atoms with Crippen LogP contribution in [-0.2, 0) is 12.0 Å². The predicted octanol–water partition coefficient (Wildman–Crippen LogP) is 2.91. The van der Waals surface area contributed by atoms with Crippen LogP contribution in [-0.4, -0.2) is 6.54 Å². The van der Waals surface area contributed by atoms with E-state index >= 15 is 0 Å². The third kappa shape index (κ3) is 1.07. The number of rotatable bonds is 0. The van der Waals surface area contributed by atoms with Gasteiger partial charge in [-0.25, -0.2) is 0 Å². The molecule has 2 heterocycles. The molecule has 3 aliphatic rings. The molecule has 0 amide bonds. The summed E-state index contributed by atoms with van der Waals surface area (Å²) in [7, 11) is 0. The van der Waals surface area contributed by atoms with Crippen molar-refractivity contribution in [3.8, 4) is 0 Å². The fourth-order valence-electron chi connectivity index (χ4n) is 3.98. The molecule has 0 saturated heterocycles. The first-order valence-electron chi connectivity index (χ1n) is 6.22. The Morgan fingerprint density at radius 1 is 1.47 bits per heavy atom. The number of fused-ring (bicyclic) bond motifs is 4. The van der Waals surface area contributed by atoms with Crippen LogP contribution in [0.15, 0.2) is 11.4 Å². The highest BCUT2D eigenvalue weighted by molar-refractivity contribution is 7.10. The van der Waals surface area contributed by atoms with E-state index in [1.165, 1.54) is 38.6 Å². The summed E-state index contributed by atoms with van der Waals surface area (Å²) in [6.45, 7) is 1.21. The summed E-state index contributed by atoms with van der Waals surface area (Å²) in [5.41, 5.74) is 2.09. The van der Waals surface area contributed by atoms with Gasteiger partial charge >= 0.3 is 0 Å². The molecule has 3 atom stereocenters. The lowest BCUT2D eigenvalue weighted by Crippen LogP contribution is -2.50. The summed E-state index contributed by atoms with van der Waals surface area (Å²) in [5, 5.41) is 6.17. The third-order valence-corrected chi connectivity index (χ3v) is 5.70. The molecule has 0 aromatic carbocycles. The van der Waals surface area contributed by atoms with Gasteiger partial charge in [-0.2, -0.15) is 0 Å². The maximum absolute atomic E-state index is 3.87. The Balaban J connectivity index is 1.83. The Bertz CT molecular complexity index is 397. The summed E-state index contributed by atoms with van der Waals surface area (Å²) in [6.07, 6.45) is 7.06. The molecule has 80 valence electrons. The fourth-order valence-corrected chi connectivity index (χ4v) is 4.94. The van der Waals surface area contributed by atoms with Gasteiger partial charge in [0.05, 0.1) is 0 Å². The molecule has 3 unspecified atom stereocenters. The quantitative estimate of drug-likeness (QED) is 0.707.